The lowest BCUT2D eigenvalue weighted by Crippen LogP contribution is -2.40. The Balaban J connectivity index is 1.97. The molecule has 0 spiro atoms. The Morgan fingerprint density at radius 2 is 2.05 bits per heavy atom. The maximum Gasteiger partial charge on any atom is 0.263 e. The predicted molar refractivity (Wildman–Crippen MR) is 86.8 cm³/mol. The summed E-state index contributed by atoms with van der Waals surface area (Å²) in [5, 5.41) is 10.8. The van der Waals surface area contributed by atoms with E-state index in [0.29, 0.717) is 20.4 Å². The van der Waals surface area contributed by atoms with Gasteiger partial charge in [-0.2, -0.15) is 0 Å². The van der Waals surface area contributed by atoms with Gasteiger partial charge in [0, 0.05) is 18.7 Å². The van der Waals surface area contributed by atoms with E-state index in [9.17, 15) is 14.7 Å². The van der Waals surface area contributed by atoms with Gasteiger partial charge in [0.2, 0.25) is 5.78 Å². The summed E-state index contributed by atoms with van der Waals surface area (Å²) in [4.78, 5) is 26.1. The number of rotatable bonds is 3. The van der Waals surface area contributed by atoms with Crippen molar-refractivity contribution < 1.29 is 19.1 Å². The van der Waals surface area contributed by atoms with Crippen molar-refractivity contribution in [3.05, 3.63) is 50.8 Å². The summed E-state index contributed by atoms with van der Waals surface area (Å²) >= 11 is 6.38. The number of hydrogen-bond donors (Lipinski definition) is 1. The van der Waals surface area contributed by atoms with Crippen LogP contribution < -0.4 is 4.90 Å². The summed E-state index contributed by atoms with van der Waals surface area (Å²) in [6.45, 7) is 0. The van der Waals surface area contributed by atoms with Gasteiger partial charge in [-0.05, 0) is 37.9 Å². The molecule has 0 bridgehead atoms. The van der Waals surface area contributed by atoms with E-state index in [4.69, 9.17) is 4.42 Å². The van der Waals surface area contributed by atoms with E-state index < -0.39 is 17.3 Å². The average molecular weight is 429 g/mol. The molecule has 1 aromatic carbocycles. The predicted octanol–water partition coefficient (Wildman–Crippen LogP) is 3.24. The molecule has 1 aliphatic heterocycles. The lowest BCUT2D eigenvalue weighted by Gasteiger charge is -2.20. The van der Waals surface area contributed by atoms with E-state index in [1.165, 1.54) is 11.0 Å². The monoisotopic (exact) mass is 427 g/mol. The van der Waals surface area contributed by atoms with E-state index >= 15 is 0 Å². The van der Waals surface area contributed by atoms with Crippen molar-refractivity contribution in [1.29, 1.82) is 0 Å². The SMILES string of the molecule is CN1C(=O)C(O)(CC(=O)c2cc(Br)c(Br)o2)c2ccccc21. The summed E-state index contributed by atoms with van der Waals surface area (Å²) in [7, 11) is 1.57. The zero-order valence-electron chi connectivity index (χ0n) is 11.5. The molecule has 7 heteroatoms. The lowest BCUT2D eigenvalue weighted by atomic mass is 9.89. The Labute approximate surface area is 143 Å². The number of aliphatic hydroxyl groups is 1. The number of hydrogen-bond acceptors (Lipinski definition) is 4. The lowest BCUT2D eigenvalue weighted by molar-refractivity contribution is -0.135. The Hall–Kier alpha value is -1.44. The van der Waals surface area contributed by atoms with E-state index in [0.717, 1.165) is 0 Å². The van der Waals surface area contributed by atoms with Crippen LogP contribution in [0.3, 0.4) is 0 Å². The Kier molecular flexibility index (Phi) is 3.74. The van der Waals surface area contributed by atoms with E-state index in [2.05, 4.69) is 31.9 Å². The fourth-order valence-corrected chi connectivity index (χ4v) is 3.17. The number of anilines is 1. The minimum absolute atomic E-state index is 0.0759. The number of benzene rings is 1. The number of amides is 1. The van der Waals surface area contributed by atoms with E-state index in [1.54, 1.807) is 31.3 Å². The standard InChI is InChI=1S/C15H11Br2NO4/c1-18-10-5-3-2-4-8(10)15(21,14(18)20)7-11(19)12-6-9(16)13(17)22-12/h2-6,21H,7H2,1H3. The molecule has 0 saturated carbocycles. The molecule has 5 nitrogen and oxygen atoms in total. The summed E-state index contributed by atoms with van der Waals surface area (Å²) in [6, 6.07) is 8.39. The number of ketones is 1. The first-order chi connectivity index (χ1) is 10.3. The molecule has 114 valence electrons. The molecule has 1 aromatic heterocycles. The molecule has 22 heavy (non-hydrogen) atoms. The minimum Gasteiger partial charge on any atom is -0.445 e. The third-order valence-electron chi connectivity index (χ3n) is 3.71. The molecule has 1 unspecified atom stereocenters. The Morgan fingerprint density at radius 1 is 1.36 bits per heavy atom. The van der Waals surface area contributed by atoms with Gasteiger partial charge in [-0.15, -0.1) is 0 Å². The first kappa shape index (κ1) is 15.5. The zero-order valence-corrected chi connectivity index (χ0v) is 14.6. The Morgan fingerprint density at radius 3 is 2.68 bits per heavy atom. The van der Waals surface area contributed by atoms with Crippen molar-refractivity contribution in [2.45, 2.75) is 12.0 Å². The van der Waals surface area contributed by atoms with Crippen LogP contribution in [0.15, 0.2) is 43.9 Å². The van der Waals surface area contributed by atoms with Crippen LogP contribution in [-0.2, 0) is 10.4 Å². The number of halogens is 2. The van der Waals surface area contributed by atoms with Crippen LogP contribution in [-0.4, -0.2) is 23.8 Å². The van der Waals surface area contributed by atoms with Gasteiger partial charge in [-0.3, -0.25) is 9.59 Å². The summed E-state index contributed by atoms with van der Waals surface area (Å²) < 4.78 is 6.25. The van der Waals surface area contributed by atoms with Crippen molar-refractivity contribution in [2.75, 3.05) is 11.9 Å². The molecule has 0 radical (unpaired) electrons. The van der Waals surface area contributed by atoms with Crippen molar-refractivity contribution >= 4 is 49.2 Å². The number of nitrogens with zero attached hydrogens (tertiary/aromatic N) is 1. The molecule has 2 aromatic rings. The molecule has 2 heterocycles. The second-order valence-electron chi connectivity index (χ2n) is 5.07. The van der Waals surface area contributed by atoms with Gasteiger partial charge < -0.3 is 14.4 Å². The van der Waals surface area contributed by atoms with Crippen molar-refractivity contribution in [3.8, 4) is 0 Å². The van der Waals surface area contributed by atoms with Crippen LogP contribution in [0.2, 0.25) is 0 Å². The molecule has 0 aliphatic carbocycles. The fourth-order valence-electron chi connectivity index (χ4n) is 2.59. The first-order valence-corrected chi connectivity index (χ1v) is 8.01. The summed E-state index contributed by atoms with van der Waals surface area (Å²) in [6.07, 6.45) is -0.375. The highest BCUT2D eigenvalue weighted by Crippen LogP contribution is 2.42. The van der Waals surface area contributed by atoms with Gasteiger partial charge in [0.15, 0.2) is 16.0 Å². The minimum atomic E-state index is -1.87. The molecule has 1 atom stereocenters. The van der Waals surface area contributed by atoms with Crippen LogP contribution in [0.5, 0.6) is 0 Å². The van der Waals surface area contributed by atoms with Crippen LogP contribution in [0.4, 0.5) is 5.69 Å². The van der Waals surface area contributed by atoms with Gasteiger partial charge in [0.1, 0.15) is 0 Å². The molecule has 1 N–H and O–H groups in total. The second-order valence-corrected chi connectivity index (χ2v) is 6.65. The number of furan rings is 1. The third kappa shape index (κ3) is 2.24. The van der Waals surface area contributed by atoms with Gasteiger partial charge in [-0.1, -0.05) is 18.2 Å². The first-order valence-electron chi connectivity index (χ1n) is 6.42. The molecular formula is C15H11Br2NO4. The maximum absolute atomic E-state index is 12.4. The maximum atomic E-state index is 12.4. The second kappa shape index (κ2) is 5.33. The van der Waals surface area contributed by atoms with Crippen LogP contribution in [0.1, 0.15) is 22.5 Å². The van der Waals surface area contributed by atoms with Gasteiger partial charge in [-0.25, -0.2) is 0 Å². The highest BCUT2D eigenvalue weighted by molar-refractivity contribution is 9.13. The number of Topliss-reactive ketones (excluding diaryl/α,β-unsaturated/α-hetero) is 1. The largest absolute Gasteiger partial charge is 0.445 e. The number of para-hydroxylation sites is 1. The number of carbonyl (C=O) groups is 2. The molecule has 0 saturated heterocycles. The van der Waals surface area contributed by atoms with Gasteiger partial charge in [0.05, 0.1) is 16.6 Å². The van der Waals surface area contributed by atoms with Crippen LogP contribution >= 0.6 is 31.9 Å². The molecule has 1 aliphatic rings. The number of carbonyl (C=O) groups excluding carboxylic acids is 2. The zero-order chi connectivity index (χ0) is 16.1. The third-order valence-corrected chi connectivity index (χ3v) is 5.42. The Bertz CT molecular complexity index is 766. The quantitative estimate of drug-likeness (QED) is 0.761. The van der Waals surface area contributed by atoms with E-state index in [1.807, 2.05) is 0 Å². The molecule has 1 amide bonds. The summed E-state index contributed by atoms with van der Waals surface area (Å²) in [5.41, 5.74) is -0.834. The van der Waals surface area contributed by atoms with Crippen molar-refractivity contribution in [2.24, 2.45) is 0 Å². The number of fused-ring (bicyclic) bond motifs is 1. The summed E-state index contributed by atoms with van der Waals surface area (Å²) in [5.74, 6) is -0.897. The fraction of sp³-hybridized carbons (Fsp3) is 0.200. The van der Waals surface area contributed by atoms with Gasteiger partial charge in [0.25, 0.3) is 5.91 Å². The highest BCUT2D eigenvalue weighted by atomic mass is 79.9. The number of likely N-dealkylation sites (N-methyl/N-ethyl adjacent to an activating group) is 1. The normalized spacial score (nSPS) is 20.4. The molecule has 3 rings (SSSR count). The van der Waals surface area contributed by atoms with Crippen molar-refractivity contribution in [3.63, 3.8) is 0 Å². The molecule has 0 fully saturated rings. The average Bonchev–Trinajstić information content (AvgIpc) is 2.92. The van der Waals surface area contributed by atoms with Crippen molar-refractivity contribution in [1.82, 2.24) is 0 Å². The molecular weight excluding hydrogens is 418 g/mol. The van der Waals surface area contributed by atoms with Crippen LogP contribution in [0.25, 0.3) is 0 Å². The smallest absolute Gasteiger partial charge is 0.263 e. The van der Waals surface area contributed by atoms with E-state index in [-0.39, 0.29) is 12.2 Å². The highest BCUT2D eigenvalue weighted by Gasteiger charge is 2.49. The topological polar surface area (TPSA) is 70.8 Å². The van der Waals surface area contributed by atoms with Gasteiger partial charge >= 0.3 is 0 Å². The van der Waals surface area contributed by atoms with Crippen LogP contribution in [0, 0.1) is 0 Å².